The van der Waals surface area contributed by atoms with Crippen LogP contribution in [0, 0.1) is 0 Å². The third kappa shape index (κ3) is 2.95. The maximum absolute atomic E-state index is 12.8. The van der Waals surface area contributed by atoms with Gasteiger partial charge in [0.1, 0.15) is 11.5 Å². The molecule has 2 fully saturated rings. The summed E-state index contributed by atoms with van der Waals surface area (Å²) in [7, 11) is 0. The fourth-order valence-corrected chi connectivity index (χ4v) is 3.01. The van der Waals surface area contributed by atoms with Crippen molar-refractivity contribution in [1.29, 1.82) is 0 Å². The molecule has 1 aromatic heterocycles. The number of carbonyl (C=O) groups is 1. The minimum absolute atomic E-state index is 0.0209. The molecule has 1 aromatic rings. The number of pyridine rings is 1. The molecule has 2 saturated heterocycles. The SMILES string of the molecule is O=C1NCCN1C1CCCN(c2cccc(C(F)(F)F)n2)C1. The minimum atomic E-state index is -4.44. The lowest BCUT2D eigenvalue weighted by Gasteiger charge is -2.37. The van der Waals surface area contributed by atoms with Gasteiger partial charge in [-0.25, -0.2) is 9.78 Å². The van der Waals surface area contributed by atoms with Gasteiger partial charge in [0, 0.05) is 26.2 Å². The Morgan fingerprint density at radius 2 is 2.09 bits per heavy atom. The molecular formula is C14H17F3N4O. The topological polar surface area (TPSA) is 48.5 Å². The van der Waals surface area contributed by atoms with Gasteiger partial charge < -0.3 is 15.1 Å². The first-order valence-corrected chi connectivity index (χ1v) is 7.29. The van der Waals surface area contributed by atoms with Crippen molar-refractivity contribution in [2.45, 2.75) is 25.1 Å². The van der Waals surface area contributed by atoms with E-state index in [1.165, 1.54) is 6.07 Å². The average Bonchev–Trinajstić information content (AvgIpc) is 2.93. The highest BCUT2D eigenvalue weighted by Gasteiger charge is 2.34. The first-order valence-electron chi connectivity index (χ1n) is 7.29. The van der Waals surface area contributed by atoms with Crippen LogP contribution in [0.2, 0.25) is 0 Å². The van der Waals surface area contributed by atoms with E-state index >= 15 is 0 Å². The number of piperidine rings is 1. The lowest BCUT2D eigenvalue weighted by molar-refractivity contribution is -0.141. The van der Waals surface area contributed by atoms with Crippen molar-refractivity contribution in [3.05, 3.63) is 23.9 Å². The number of hydrogen-bond donors (Lipinski definition) is 1. The van der Waals surface area contributed by atoms with E-state index in [-0.39, 0.29) is 12.1 Å². The summed E-state index contributed by atoms with van der Waals surface area (Å²) in [5, 5.41) is 2.75. The van der Waals surface area contributed by atoms with E-state index in [1.54, 1.807) is 11.0 Å². The molecule has 3 heterocycles. The molecule has 0 spiro atoms. The van der Waals surface area contributed by atoms with Crippen LogP contribution in [0.5, 0.6) is 0 Å². The Kier molecular flexibility index (Phi) is 3.84. The second kappa shape index (κ2) is 5.66. The lowest BCUT2D eigenvalue weighted by Crippen LogP contribution is -2.49. The molecular weight excluding hydrogens is 297 g/mol. The minimum Gasteiger partial charge on any atom is -0.355 e. The van der Waals surface area contributed by atoms with Crippen LogP contribution in [0.25, 0.3) is 0 Å². The zero-order valence-corrected chi connectivity index (χ0v) is 11.9. The number of carbonyl (C=O) groups excluding carboxylic acids is 1. The van der Waals surface area contributed by atoms with Gasteiger partial charge in [0.2, 0.25) is 0 Å². The van der Waals surface area contributed by atoms with Crippen molar-refractivity contribution in [1.82, 2.24) is 15.2 Å². The van der Waals surface area contributed by atoms with Crippen LogP contribution in [0.15, 0.2) is 18.2 Å². The number of aromatic nitrogens is 1. The summed E-state index contributed by atoms with van der Waals surface area (Å²) in [6, 6.07) is 3.86. The fourth-order valence-electron chi connectivity index (χ4n) is 3.01. The third-order valence-electron chi connectivity index (χ3n) is 4.08. The van der Waals surface area contributed by atoms with Gasteiger partial charge >= 0.3 is 12.2 Å². The Hall–Kier alpha value is -1.99. The number of alkyl halides is 3. The van der Waals surface area contributed by atoms with E-state index in [1.807, 2.05) is 4.90 Å². The molecule has 0 aliphatic carbocycles. The van der Waals surface area contributed by atoms with Crippen molar-refractivity contribution in [2.24, 2.45) is 0 Å². The molecule has 2 amide bonds. The second-order valence-corrected chi connectivity index (χ2v) is 5.55. The molecule has 0 bridgehead atoms. The second-order valence-electron chi connectivity index (χ2n) is 5.55. The van der Waals surface area contributed by atoms with Crippen molar-refractivity contribution < 1.29 is 18.0 Å². The highest BCUT2D eigenvalue weighted by molar-refractivity contribution is 5.76. The van der Waals surface area contributed by atoms with E-state index in [9.17, 15) is 18.0 Å². The van der Waals surface area contributed by atoms with Crippen molar-refractivity contribution >= 4 is 11.8 Å². The summed E-state index contributed by atoms with van der Waals surface area (Å²) >= 11 is 0. The summed E-state index contributed by atoms with van der Waals surface area (Å²) in [5.74, 6) is 0.319. The molecule has 120 valence electrons. The van der Waals surface area contributed by atoms with E-state index in [4.69, 9.17) is 0 Å². The van der Waals surface area contributed by atoms with Gasteiger partial charge in [-0.2, -0.15) is 13.2 Å². The number of nitrogens with one attached hydrogen (secondary N) is 1. The van der Waals surface area contributed by atoms with Crippen LogP contribution in [0.1, 0.15) is 18.5 Å². The van der Waals surface area contributed by atoms with E-state index < -0.39 is 11.9 Å². The molecule has 0 radical (unpaired) electrons. The van der Waals surface area contributed by atoms with Crippen LogP contribution in [0.3, 0.4) is 0 Å². The molecule has 0 saturated carbocycles. The first-order chi connectivity index (χ1) is 10.4. The highest BCUT2D eigenvalue weighted by atomic mass is 19.4. The molecule has 22 heavy (non-hydrogen) atoms. The molecule has 5 nitrogen and oxygen atoms in total. The predicted octanol–water partition coefficient (Wildman–Crippen LogP) is 2.09. The summed E-state index contributed by atoms with van der Waals surface area (Å²) in [5.41, 5.74) is -0.883. The first kappa shape index (κ1) is 14.9. The van der Waals surface area contributed by atoms with E-state index in [0.29, 0.717) is 32.0 Å². The number of urea groups is 1. The molecule has 3 rings (SSSR count). The predicted molar refractivity (Wildman–Crippen MR) is 74.6 cm³/mol. The molecule has 1 atom stereocenters. The van der Waals surface area contributed by atoms with Crippen LogP contribution >= 0.6 is 0 Å². The number of rotatable bonds is 2. The Morgan fingerprint density at radius 3 is 2.77 bits per heavy atom. The Balaban J connectivity index is 1.76. The van der Waals surface area contributed by atoms with E-state index in [0.717, 1.165) is 18.9 Å². The number of nitrogens with zero attached hydrogens (tertiary/aromatic N) is 3. The number of amides is 2. The summed E-state index contributed by atoms with van der Waals surface area (Å²) in [6.45, 7) is 2.44. The monoisotopic (exact) mass is 314 g/mol. The molecule has 8 heteroatoms. The van der Waals surface area contributed by atoms with Crippen LogP contribution in [0.4, 0.5) is 23.8 Å². The van der Waals surface area contributed by atoms with Crippen molar-refractivity contribution in [3.8, 4) is 0 Å². The standard InChI is InChI=1S/C14H17F3N4O/c15-14(16,17)11-4-1-5-12(19-11)20-7-2-3-10(9-20)21-8-6-18-13(21)22/h1,4-5,10H,2-3,6-9H2,(H,18,22). The highest BCUT2D eigenvalue weighted by Crippen LogP contribution is 2.30. The van der Waals surface area contributed by atoms with Gasteiger partial charge in [0.05, 0.1) is 6.04 Å². The lowest BCUT2D eigenvalue weighted by atomic mass is 10.0. The third-order valence-corrected chi connectivity index (χ3v) is 4.08. The van der Waals surface area contributed by atoms with E-state index in [2.05, 4.69) is 10.3 Å². The number of halogens is 3. The molecule has 0 aromatic carbocycles. The quantitative estimate of drug-likeness (QED) is 0.909. The smallest absolute Gasteiger partial charge is 0.355 e. The number of anilines is 1. The van der Waals surface area contributed by atoms with Crippen molar-refractivity contribution in [2.75, 3.05) is 31.1 Å². The zero-order chi connectivity index (χ0) is 15.7. The molecule has 1 N–H and O–H groups in total. The molecule has 1 unspecified atom stereocenters. The fraction of sp³-hybridized carbons (Fsp3) is 0.571. The Morgan fingerprint density at radius 1 is 1.27 bits per heavy atom. The van der Waals surface area contributed by atoms with Crippen LogP contribution in [-0.2, 0) is 6.18 Å². The normalized spacial score (nSPS) is 22.9. The van der Waals surface area contributed by atoms with Crippen LogP contribution in [-0.4, -0.2) is 48.1 Å². The van der Waals surface area contributed by atoms with Crippen LogP contribution < -0.4 is 10.2 Å². The number of hydrogen-bond acceptors (Lipinski definition) is 3. The Bertz CT molecular complexity index is 563. The van der Waals surface area contributed by atoms with Gasteiger partial charge in [-0.05, 0) is 25.0 Å². The average molecular weight is 314 g/mol. The van der Waals surface area contributed by atoms with Gasteiger partial charge in [-0.1, -0.05) is 6.07 Å². The summed E-state index contributed by atoms with van der Waals surface area (Å²) < 4.78 is 38.3. The zero-order valence-electron chi connectivity index (χ0n) is 11.9. The van der Waals surface area contributed by atoms with Gasteiger partial charge in [0.25, 0.3) is 0 Å². The Labute approximate surface area is 126 Å². The summed E-state index contributed by atoms with van der Waals surface area (Å²) in [4.78, 5) is 19.1. The van der Waals surface area contributed by atoms with Crippen molar-refractivity contribution in [3.63, 3.8) is 0 Å². The largest absolute Gasteiger partial charge is 0.433 e. The maximum atomic E-state index is 12.8. The molecule has 2 aliphatic heterocycles. The summed E-state index contributed by atoms with van der Waals surface area (Å²) in [6.07, 6.45) is -2.75. The maximum Gasteiger partial charge on any atom is 0.433 e. The van der Waals surface area contributed by atoms with Gasteiger partial charge in [0.15, 0.2) is 0 Å². The van der Waals surface area contributed by atoms with Gasteiger partial charge in [-0.3, -0.25) is 0 Å². The van der Waals surface area contributed by atoms with Gasteiger partial charge in [-0.15, -0.1) is 0 Å². The molecule has 2 aliphatic rings.